The molecule has 0 aliphatic rings. The zero-order valence-corrected chi connectivity index (χ0v) is 14.6. The molecule has 7 nitrogen and oxygen atoms in total. The molecular weight excluding hydrogens is 338 g/mol. The van der Waals surface area contributed by atoms with Crippen molar-refractivity contribution in [1.82, 2.24) is 5.32 Å². The van der Waals surface area contributed by atoms with Crippen LogP contribution in [-0.2, 0) is 16.1 Å². The second-order valence-corrected chi connectivity index (χ2v) is 5.50. The predicted molar refractivity (Wildman–Crippen MR) is 94.3 cm³/mol. The van der Waals surface area contributed by atoms with E-state index in [1.807, 2.05) is 30.3 Å². The van der Waals surface area contributed by atoms with Crippen LogP contribution in [-0.4, -0.2) is 31.4 Å². The Bertz CT molecular complexity index is 725. The molecule has 0 bridgehead atoms. The minimum absolute atomic E-state index is 0.0912. The van der Waals surface area contributed by atoms with E-state index in [0.717, 1.165) is 5.56 Å². The summed E-state index contributed by atoms with van der Waals surface area (Å²) >= 11 is 0. The lowest BCUT2D eigenvalue weighted by molar-refractivity contribution is -0.137. The Hall–Kier alpha value is -3.22. The van der Waals surface area contributed by atoms with Crippen LogP contribution in [0.25, 0.3) is 0 Å². The average Bonchev–Trinajstić information content (AvgIpc) is 2.65. The summed E-state index contributed by atoms with van der Waals surface area (Å²) in [7, 11) is 2.98. The molecule has 2 rings (SSSR count). The van der Waals surface area contributed by atoms with Gasteiger partial charge in [0.05, 0.1) is 26.7 Å². The molecule has 0 unspecified atom stereocenters. The monoisotopic (exact) mass is 359 g/mol. The van der Waals surface area contributed by atoms with Crippen molar-refractivity contribution in [1.29, 1.82) is 0 Å². The Kier molecular flexibility index (Phi) is 6.84. The van der Waals surface area contributed by atoms with Crippen LogP contribution in [0.5, 0.6) is 11.5 Å². The Balaban J connectivity index is 2.11. The molecule has 7 heteroatoms. The molecule has 0 aliphatic heterocycles. The van der Waals surface area contributed by atoms with Crippen LogP contribution in [0.2, 0.25) is 0 Å². The summed E-state index contributed by atoms with van der Waals surface area (Å²) < 4.78 is 15.6. The number of alkyl carbamates (subject to hydrolysis) is 1. The van der Waals surface area contributed by atoms with Gasteiger partial charge in [-0.05, 0) is 23.3 Å². The number of carboxylic acid groups (broad SMARTS) is 1. The van der Waals surface area contributed by atoms with E-state index < -0.39 is 18.1 Å². The Morgan fingerprint density at radius 3 is 2.19 bits per heavy atom. The van der Waals surface area contributed by atoms with Gasteiger partial charge < -0.3 is 24.6 Å². The summed E-state index contributed by atoms with van der Waals surface area (Å²) in [5, 5.41) is 11.7. The smallest absolute Gasteiger partial charge is 0.407 e. The maximum Gasteiger partial charge on any atom is 0.407 e. The first-order chi connectivity index (χ1) is 12.5. The van der Waals surface area contributed by atoms with E-state index in [1.165, 1.54) is 14.2 Å². The van der Waals surface area contributed by atoms with Crippen molar-refractivity contribution in [3.05, 3.63) is 59.7 Å². The zero-order chi connectivity index (χ0) is 18.9. The maximum atomic E-state index is 12.1. The second-order valence-electron chi connectivity index (χ2n) is 5.50. The van der Waals surface area contributed by atoms with Crippen molar-refractivity contribution < 1.29 is 28.9 Å². The molecule has 2 N–H and O–H groups in total. The minimum Gasteiger partial charge on any atom is -0.497 e. The fourth-order valence-corrected chi connectivity index (χ4v) is 2.36. The number of amides is 1. The molecule has 138 valence electrons. The lowest BCUT2D eigenvalue weighted by Crippen LogP contribution is -2.30. The van der Waals surface area contributed by atoms with Gasteiger partial charge in [0.1, 0.15) is 18.1 Å². The molecule has 1 atom stereocenters. The van der Waals surface area contributed by atoms with Crippen molar-refractivity contribution in [2.75, 3.05) is 14.2 Å². The number of rotatable bonds is 8. The van der Waals surface area contributed by atoms with E-state index in [0.29, 0.717) is 17.1 Å². The molecule has 2 aromatic carbocycles. The van der Waals surface area contributed by atoms with E-state index in [-0.39, 0.29) is 13.0 Å². The highest BCUT2D eigenvalue weighted by atomic mass is 16.5. The Morgan fingerprint density at radius 2 is 1.65 bits per heavy atom. The number of nitrogens with one attached hydrogen (secondary N) is 1. The fraction of sp³-hybridized carbons (Fsp3) is 0.263. The van der Waals surface area contributed by atoms with Gasteiger partial charge >= 0.3 is 12.1 Å². The normalized spacial score (nSPS) is 11.3. The number of benzene rings is 2. The highest BCUT2D eigenvalue weighted by Crippen LogP contribution is 2.28. The summed E-state index contributed by atoms with van der Waals surface area (Å²) in [6, 6.07) is 13.4. The summed E-state index contributed by atoms with van der Waals surface area (Å²) in [6.07, 6.45) is -1.02. The SMILES string of the molecule is COc1cc(OC)cc([C@H](CC(=O)O)NC(=O)OCc2ccccc2)c1. The summed E-state index contributed by atoms with van der Waals surface area (Å²) in [6.45, 7) is 0.0912. The number of methoxy groups -OCH3 is 2. The summed E-state index contributed by atoms with van der Waals surface area (Å²) in [4.78, 5) is 23.3. The number of ether oxygens (including phenoxy) is 3. The number of hydrogen-bond donors (Lipinski definition) is 2. The number of carbonyl (C=O) groups excluding carboxylic acids is 1. The zero-order valence-electron chi connectivity index (χ0n) is 14.6. The van der Waals surface area contributed by atoms with Crippen LogP contribution in [0.3, 0.4) is 0 Å². The predicted octanol–water partition coefficient (Wildman–Crippen LogP) is 3.15. The average molecular weight is 359 g/mol. The Labute approximate surface area is 151 Å². The lowest BCUT2D eigenvalue weighted by Gasteiger charge is -2.19. The van der Waals surface area contributed by atoms with Crippen LogP contribution >= 0.6 is 0 Å². The molecule has 26 heavy (non-hydrogen) atoms. The van der Waals surface area contributed by atoms with Crippen molar-refractivity contribution in [2.45, 2.75) is 19.1 Å². The molecule has 2 aromatic rings. The van der Waals surface area contributed by atoms with Gasteiger partial charge in [-0.25, -0.2) is 4.79 Å². The van der Waals surface area contributed by atoms with Crippen LogP contribution in [0.15, 0.2) is 48.5 Å². The van der Waals surface area contributed by atoms with Gasteiger partial charge in [0.15, 0.2) is 0 Å². The molecule has 0 saturated heterocycles. The van der Waals surface area contributed by atoms with Crippen LogP contribution < -0.4 is 14.8 Å². The quantitative estimate of drug-likeness (QED) is 0.752. The topological polar surface area (TPSA) is 94.1 Å². The van der Waals surface area contributed by atoms with Gasteiger partial charge in [-0.2, -0.15) is 0 Å². The van der Waals surface area contributed by atoms with E-state index >= 15 is 0 Å². The lowest BCUT2D eigenvalue weighted by atomic mass is 10.0. The van der Waals surface area contributed by atoms with Crippen molar-refractivity contribution in [2.24, 2.45) is 0 Å². The van der Waals surface area contributed by atoms with Crippen molar-refractivity contribution >= 4 is 12.1 Å². The molecule has 0 radical (unpaired) electrons. The fourth-order valence-electron chi connectivity index (χ4n) is 2.36. The highest BCUT2D eigenvalue weighted by Gasteiger charge is 2.20. The molecule has 0 spiro atoms. The summed E-state index contributed by atoms with van der Waals surface area (Å²) in [5.41, 5.74) is 1.38. The third-order valence-electron chi connectivity index (χ3n) is 3.66. The van der Waals surface area contributed by atoms with E-state index in [2.05, 4.69) is 5.32 Å². The molecule has 0 heterocycles. The third kappa shape index (κ3) is 5.70. The van der Waals surface area contributed by atoms with E-state index in [1.54, 1.807) is 18.2 Å². The van der Waals surface area contributed by atoms with Gasteiger partial charge in [-0.1, -0.05) is 30.3 Å². The van der Waals surface area contributed by atoms with Crippen molar-refractivity contribution in [3.63, 3.8) is 0 Å². The van der Waals surface area contributed by atoms with Crippen LogP contribution in [0, 0.1) is 0 Å². The maximum absolute atomic E-state index is 12.1. The van der Waals surface area contributed by atoms with Gasteiger partial charge in [-0.3, -0.25) is 4.79 Å². The molecule has 0 aromatic heterocycles. The largest absolute Gasteiger partial charge is 0.497 e. The molecule has 0 fully saturated rings. The van der Waals surface area contributed by atoms with Gasteiger partial charge in [0.25, 0.3) is 0 Å². The molecule has 1 amide bonds. The van der Waals surface area contributed by atoms with E-state index in [9.17, 15) is 9.59 Å². The number of aliphatic carboxylic acids is 1. The third-order valence-corrected chi connectivity index (χ3v) is 3.66. The molecule has 0 aliphatic carbocycles. The minimum atomic E-state index is -1.06. The second kappa shape index (κ2) is 9.31. The van der Waals surface area contributed by atoms with Gasteiger partial charge in [0, 0.05) is 6.07 Å². The molecule has 0 saturated carbocycles. The number of hydrogen-bond acceptors (Lipinski definition) is 5. The van der Waals surface area contributed by atoms with Gasteiger partial charge in [0.2, 0.25) is 0 Å². The van der Waals surface area contributed by atoms with Crippen LogP contribution in [0.1, 0.15) is 23.6 Å². The first-order valence-electron chi connectivity index (χ1n) is 7.93. The highest BCUT2D eigenvalue weighted by molar-refractivity contribution is 5.72. The Morgan fingerprint density at radius 1 is 1.04 bits per heavy atom. The standard InChI is InChI=1S/C19H21NO6/c1-24-15-8-14(9-16(10-15)25-2)17(11-18(21)22)20-19(23)26-12-13-6-4-3-5-7-13/h3-10,17H,11-12H2,1-2H3,(H,20,23)(H,21,22)/t17-/m0/s1. The first-order valence-corrected chi connectivity index (χ1v) is 7.93. The number of carboxylic acids is 1. The summed E-state index contributed by atoms with van der Waals surface area (Å²) in [5.74, 6) is -0.0662. The first kappa shape index (κ1) is 19.1. The molecular formula is C19H21NO6. The van der Waals surface area contributed by atoms with Crippen molar-refractivity contribution in [3.8, 4) is 11.5 Å². The number of carbonyl (C=O) groups is 2. The van der Waals surface area contributed by atoms with E-state index in [4.69, 9.17) is 19.3 Å². The van der Waals surface area contributed by atoms with Crippen LogP contribution in [0.4, 0.5) is 4.79 Å². The van der Waals surface area contributed by atoms with Gasteiger partial charge in [-0.15, -0.1) is 0 Å².